The third-order valence-electron chi connectivity index (χ3n) is 2.29. The smallest absolute Gasteiger partial charge is 0.106 e. The van der Waals surface area contributed by atoms with Crippen LogP contribution in [0.25, 0.3) is 0 Å². The average molecular weight is 176 g/mol. The van der Waals surface area contributed by atoms with E-state index in [0.29, 0.717) is 0 Å². The molecule has 0 spiro atoms. The SMILES string of the molecule is CN=C(Cl)C1(C)CCOCC1. The second-order valence-electron chi connectivity index (χ2n) is 3.19. The van der Waals surface area contributed by atoms with Crippen molar-refractivity contribution in [2.24, 2.45) is 10.4 Å². The highest BCUT2D eigenvalue weighted by Gasteiger charge is 2.31. The molecule has 0 radical (unpaired) electrons. The first-order valence-electron chi connectivity index (χ1n) is 3.89. The van der Waals surface area contributed by atoms with Crippen LogP contribution in [0.3, 0.4) is 0 Å². The maximum atomic E-state index is 5.98. The highest BCUT2D eigenvalue weighted by Crippen LogP contribution is 2.32. The molecule has 0 aromatic heterocycles. The van der Waals surface area contributed by atoms with Crippen LogP contribution in [0.4, 0.5) is 0 Å². The standard InChI is InChI=1S/C8H14ClNO/c1-8(7(9)10-2)3-5-11-6-4-8/h3-6H2,1-2H3. The zero-order valence-corrected chi connectivity index (χ0v) is 7.82. The van der Waals surface area contributed by atoms with Crippen molar-refractivity contribution < 1.29 is 4.74 Å². The van der Waals surface area contributed by atoms with Crippen molar-refractivity contribution in [2.45, 2.75) is 19.8 Å². The zero-order chi connectivity index (χ0) is 8.32. The average Bonchev–Trinajstić information content (AvgIpc) is 2.04. The number of hydrogen-bond acceptors (Lipinski definition) is 2. The molecule has 1 rings (SSSR count). The van der Waals surface area contributed by atoms with E-state index in [1.807, 2.05) is 0 Å². The topological polar surface area (TPSA) is 21.6 Å². The molecule has 0 aromatic carbocycles. The Morgan fingerprint density at radius 3 is 2.45 bits per heavy atom. The van der Waals surface area contributed by atoms with Crippen LogP contribution in [0.1, 0.15) is 19.8 Å². The minimum Gasteiger partial charge on any atom is -0.381 e. The summed E-state index contributed by atoms with van der Waals surface area (Å²) in [4.78, 5) is 4.01. The Morgan fingerprint density at radius 2 is 2.00 bits per heavy atom. The van der Waals surface area contributed by atoms with Crippen molar-refractivity contribution >= 4 is 16.8 Å². The third-order valence-corrected chi connectivity index (χ3v) is 2.92. The van der Waals surface area contributed by atoms with Crippen molar-refractivity contribution in [3.8, 4) is 0 Å². The molecule has 1 aliphatic rings. The Hall–Kier alpha value is -0.0800. The summed E-state index contributed by atoms with van der Waals surface area (Å²) in [5, 5.41) is 0.737. The number of rotatable bonds is 1. The highest BCUT2D eigenvalue weighted by molar-refractivity contribution is 6.66. The summed E-state index contributed by atoms with van der Waals surface area (Å²) in [6, 6.07) is 0. The van der Waals surface area contributed by atoms with Crippen LogP contribution in [-0.4, -0.2) is 25.4 Å². The van der Waals surface area contributed by atoms with E-state index in [1.54, 1.807) is 7.05 Å². The second kappa shape index (κ2) is 3.55. The Balaban J connectivity index is 2.64. The molecular weight excluding hydrogens is 162 g/mol. The van der Waals surface area contributed by atoms with E-state index >= 15 is 0 Å². The molecule has 0 aromatic rings. The molecule has 0 amide bonds. The monoisotopic (exact) mass is 175 g/mol. The van der Waals surface area contributed by atoms with Crippen LogP contribution < -0.4 is 0 Å². The fourth-order valence-corrected chi connectivity index (χ4v) is 1.49. The summed E-state index contributed by atoms with van der Waals surface area (Å²) in [6.45, 7) is 3.76. The lowest BCUT2D eigenvalue weighted by Gasteiger charge is -2.31. The highest BCUT2D eigenvalue weighted by atomic mass is 35.5. The zero-order valence-electron chi connectivity index (χ0n) is 7.06. The molecule has 2 nitrogen and oxygen atoms in total. The van der Waals surface area contributed by atoms with E-state index in [0.717, 1.165) is 31.2 Å². The molecule has 64 valence electrons. The Morgan fingerprint density at radius 1 is 1.45 bits per heavy atom. The summed E-state index contributed by atoms with van der Waals surface area (Å²) in [5.41, 5.74) is 0.0779. The van der Waals surface area contributed by atoms with E-state index in [1.165, 1.54) is 0 Å². The van der Waals surface area contributed by atoms with Crippen molar-refractivity contribution in [1.82, 2.24) is 0 Å². The molecule has 1 fully saturated rings. The van der Waals surface area contributed by atoms with Gasteiger partial charge in [-0.1, -0.05) is 18.5 Å². The molecule has 1 heterocycles. The van der Waals surface area contributed by atoms with Gasteiger partial charge < -0.3 is 4.74 Å². The lowest BCUT2D eigenvalue weighted by Crippen LogP contribution is -2.31. The molecule has 0 bridgehead atoms. The minimum atomic E-state index is 0.0779. The quantitative estimate of drug-likeness (QED) is 0.560. The second-order valence-corrected chi connectivity index (χ2v) is 3.55. The van der Waals surface area contributed by atoms with Gasteiger partial charge in [-0.2, -0.15) is 0 Å². The molecule has 1 aliphatic heterocycles. The third kappa shape index (κ3) is 1.94. The van der Waals surface area contributed by atoms with Crippen molar-refractivity contribution in [3.05, 3.63) is 0 Å². The van der Waals surface area contributed by atoms with E-state index in [4.69, 9.17) is 16.3 Å². The molecule has 1 saturated heterocycles. The van der Waals surface area contributed by atoms with Crippen LogP contribution in [-0.2, 0) is 4.74 Å². The van der Waals surface area contributed by atoms with Crippen LogP contribution in [0.2, 0.25) is 0 Å². The lowest BCUT2D eigenvalue weighted by atomic mass is 9.83. The Labute approximate surface area is 72.6 Å². The van der Waals surface area contributed by atoms with Gasteiger partial charge in [-0.15, -0.1) is 0 Å². The van der Waals surface area contributed by atoms with Crippen LogP contribution >= 0.6 is 11.6 Å². The fourth-order valence-electron chi connectivity index (χ4n) is 1.30. The summed E-state index contributed by atoms with van der Waals surface area (Å²) in [6.07, 6.45) is 1.98. The largest absolute Gasteiger partial charge is 0.381 e. The van der Waals surface area contributed by atoms with E-state index < -0.39 is 0 Å². The molecular formula is C8H14ClNO. The number of hydrogen-bond donors (Lipinski definition) is 0. The van der Waals surface area contributed by atoms with E-state index in [-0.39, 0.29) is 5.41 Å². The van der Waals surface area contributed by atoms with Gasteiger partial charge in [0.1, 0.15) is 5.17 Å². The molecule has 0 aliphatic carbocycles. The van der Waals surface area contributed by atoms with Crippen LogP contribution in [0.5, 0.6) is 0 Å². The number of aliphatic imine (C=N–C) groups is 1. The van der Waals surface area contributed by atoms with Gasteiger partial charge in [0.15, 0.2) is 0 Å². The summed E-state index contributed by atoms with van der Waals surface area (Å²) in [5.74, 6) is 0. The molecule has 0 unspecified atom stereocenters. The van der Waals surface area contributed by atoms with Gasteiger partial charge in [-0.05, 0) is 12.8 Å². The molecule has 0 atom stereocenters. The maximum Gasteiger partial charge on any atom is 0.106 e. The first kappa shape index (κ1) is 9.01. The Bertz CT molecular complexity index is 161. The summed E-state index contributed by atoms with van der Waals surface area (Å²) in [7, 11) is 1.74. The lowest BCUT2D eigenvalue weighted by molar-refractivity contribution is 0.0533. The van der Waals surface area contributed by atoms with E-state index in [2.05, 4.69) is 11.9 Å². The first-order chi connectivity index (χ1) is 5.19. The molecule has 11 heavy (non-hydrogen) atoms. The number of nitrogens with zero attached hydrogens (tertiary/aromatic N) is 1. The van der Waals surface area contributed by atoms with Crippen LogP contribution in [0.15, 0.2) is 4.99 Å². The summed E-state index contributed by atoms with van der Waals surface area (Å²) >= 11 is 5.98. The fraction of sp³-hybridized carbons (Fsp3) is 0.875. The van der Waals surface area contributed by atoms with Gasteiger partial charge >= 0.3 is 0 Å². The Kier molecular flexibility index (Phi) is 2.90. The van der Waals surface area contributed by atoms with Crippen molar-refractivity contribution in [3.63, 3.8) is 0 Å². The molecule has 0 saturated carbocycles. The van der Waals surface area contributed by atoms with Crippen molar-refractivity contribution in [1.29, 1.82) is 0 Å². The molecule has 0 N–H and O–H groups in total. The predicted molar refractivity (Wildman–Crippen MR) is 47.4 cm³/mol. The predicted octanol–water partition coefficient (Wildman–Crippen LogP) is 2.07. The van der Waals surface area contributed by atoms with Gasteiger partial charge in [0.25, 0.3) is 0 Å². The van der Waals surface area contributed by atoms with Gasteiger partial charge in [0.2, 0.25) is 0 Å². The normalized spacial score (nSPS) is 25.2. The van der Waals surface area contributed by atoms with Crippen LogP contribution in [0, 0.1) is 5.41 Å². The number of ether oxygens (including phenoxy) is 1. The van der Waals surface area contributed by atoms with Gasteiger partial charge in [-0.3, -0.25) is 4.99 Å². The van der Waals surface area contributed by atoms with Gasteiger partial charge in [0.05, 0.1) is 0 Å². The maximum absolute atomic E-state index is 5.98. The van der Waals surface area contributed by atoms with E-state index in [9.17, 15) is 0 Å². The number of halogens is 1. The van der Waals surface area contributed by atoms with Crippen molar-refractivity contribution in [2.75, 3.05) is 20.3 Å². The summed E-state index contributed by atoms with van der Waals surface area (Å²) < 4.78 is 5.25. The molecule has 3 heteroatoms. The van der Waals surface area contributed by atoms with Gasteiger partial charge in [-0.25, -0.2) is 0 Å². The first-order valence-corrected chi connectivity index (χ1v) is 4.27. The minimum absolute atomic E-state index is 0.0779. The van der Waals surface area contributed by atoms with Gasteiger partial charge in [0, 0.05) is 25.7 Å².